The van der Waals surface area contributed by atoms with Crippen molar-refractivity contribution >= 4 is 22.8 Å². The Morgan fingerprint density at radius 2 is 2.04 bits per heavy atom. The van der Waals surface area contributed by atoms with Gasteiger partial charge in [-0.1, -0.05) is 42.1 Å². The van der Waals surface area contributed by atoms with Crippen LogP contribution in [0.1, 0.15) is 24.5 Å². The summed E-state index contributed by atoms with van der Waals surface area (Å²) in [6, 6.07) is 10.1. The molecule has 0 aliphatic carbocycles. The number of rotatable bonds is 5. The average Bonchev–Trinajstić information content (AvgIpc) is 3.07. The lowest BCUT2D eigenvalue weighted by molar-refractivity contribution is -0.128. The number of amides is 1. The Hall–Kier alpha value is -2.08. The summed E-state index contributed by atoms with van der Waals surface area (Å²) in [5.74, 6) is 0.111. The molecule has 120 valence electrons. The number of thioether (sulfide) groups is 1. The molecule has 0 N–H and O–H groups in total. The SMILES string of the molecule is CC(=O)SC1CC(=O)N(Cc2cnn(Cc3ccccc3)c2)C1. The second-order valence-corrected chi connectivity index (χ2v) is 7.22. The van der Waals surface area contributed by atoms with Crippen LogP contribution in [-0.4, -0.2) is 37.5 Å². The van der Waals surface area contributed by atoms with Gasteiger partial charge in [0.15, 0.2) is 5.12 Å². The van der Waals surface area contributed by atoms with E-state index >= 15 is 0 Å². The first-order valence-electron chi connectivity index (χ1n) is 7.60. The predicted molar refractivity (Wildman–Crippen MR) is 89.9 cm³/mol. The van der Waals surface area contributed by atoms with Crippen molar-refractivity contribution in [1.29, 1.82) is 0 Å². The van der Waals surface area contributed by atoms with E-state index in [0.29, 0.717) is 19.5 Å². The third-order valence-corrected chi connectivity index (χ3v) is 4.74. The molecule has 1 aliphatic heterocycles. The first kappa shape index (κ1) is 15.8. The lowest BCUT2D eigenvalue weighted by atomic mass is 10.2. The molecule has 3 rings (SSSR count). The number of hydrogen-bond donors (Lipinski definition) is 0. The highest BCUT2D eigenvalue weighted by Crippen LogP contribution is 2.25. The topological polar surface area (TPSA) is 55.2 Å². The summed E-state index contributed by atoms with van der Waals surface area (Å²) in [4.78, 5) is 25.0. The largest absolute Gasteiger partial charge is 0.337 e. The zero-order valence-corrected chi connectivity index (χ0v) is 13.8. The Kier molecular flexibility index (Phi) is 4.81. The molecule has 23 heavy (non-hydrogen) atoms. The van der Waals surface area contributed by atoms with E-state index in [-0.39, 0.29) is 16.3 Å². The van der Waals surface area contributed by atoms with Gasteiger partial charge in [0.2, 0.25) is 5.91 Å². The van der Waals surface area contributed by atoms with E-state index in [2.05, 4.69) is 17.2 Å². The Balaban J connectivity index is 1.59. The van der Waals surface area contributed by atoms with Crippen LogP contribution in [-0.2, 0) is 22.7 Å². The van der Waals surface area contributed by atoms with E-state index in [0.717, 1.165) is 12.1 Å². The molecule has 1 atom stereocenters. The van der Waals surface area contributed by atoms with Crippen molar-refractivity contribution in [2.45, 2.75) is 31.7 Å². The van der Waals surface area contributed by atoms with Gasteiger partial charge in [0.05, 0.1) is 12.7 Å². The van der Waals surface area contributed by atoms with E-state index in [1.165, 1.54) is 17.3 Å². The molecule has 0 radical (unpaired) electrons. The number of nitrogens with zero attached hydrogens (tertiary/aromatic N) is 3. The van der Waals surface area contributed by atoms with Crippen LogP contribution in [0, 0.1) is 0 Å². The average molecular weight is 329 g/mol. The summed E-state index contributed by atoms with van der Waals surface area (Å²) in [5, 5.41) is 4.52. The molecule has 2 aromatic rings. The maximum Gasteiger partial charge on any atom is 0.224 e. The summed E-state index contributed by atoms with van der Waals surface area (Å²) < 4.78 is 1.88. The van der Waals surface area contributed by atoms with E-state index in [1.54, 1.807) is 6.92 Å². The van der Waals surface area contributed by atoms with Crippen molar-refractivity contribution in [1.82, 2.24) is 14.7 Å². The van der Waals surface area contributed by atoms with Gasteiger partial charge < -0.3 is 4.90 Å². The first-order valence-corrected chi connectivity index (χ1v) is 8.48. The van der Waals surface area contributed by atoms with Crippen molar-refractivity contribution < 1.29 is 9.59 Å². The molecular formula is C17H19N3O2S. The zero-order chi connectivity index (χ0) is 16.2. The van der Waals surface area contributed by atoms with Gasteiger partial charge in [0, 0.05) is 43.4 Å². The number of carbonyl (C=O) groups is 2. The lowest BCUT2D eigenvalue weighted by Gasteiger charge is -2.14. The molecule has 1 aromatic carbocycles. The quantitative estimate of drug-likeness (QED) is 0.845. The molecule has 6 heteroatoms. The van der Waals surface area contributed by atoms with Gasteiger partial charge in [-0.05, 0) is 5.56 Å². The molecule has 1 saturated heterocycles. The molecule has 1 aliphatic rings. The molecule has 0 bridgehead atoms. The smallest absolute Gasteiger partial charge is 0.224 e. The Morgan fingerprint density at radius 1 is 1.26 bits per heavy atom. The van der Waals surface area contributed by atoms with E-state index in [4.69, 9.17) is 0 Å². The maximum absolute atomic E-state index is 12.0. The molecule has 5 nitrogen and oxygen atoms in total. The van der Waals surface area contributed by atoms with E-state index in [1.807, 2.05) is 40.2 Å². The van der Waals surface area contributed by atoms with Gasteiger partial charge in [0.1, 0.15) is 0 Å². The van der Waals surface area contributed by atoms with Gasteiger partial charge in [-0.25, -0.2) is 0 Å². The highest BCUT2D eigenvalue weighted by molar-refractivity contribution is 8.14. The van der Waals surface area contributed by atoms with E-state index < -0.39 is 0 Å². The molecule has 1 unspecified atom stereocenters. The van der Waals surface area contributed by atoms with Crippen LogP contribution in [0.5, 0.6) is 0 Å². The van der Waals surface area contributed by atoms with Crippen molar-refractivity contribution in [2.75, 3.05) is 6.54 Å². The first-order chi connectivity index (χ1) is 11.1. The van der Waals surface area contributed by atoms with Gasteiger partial charge in [-0.2, -0.15) is 5.10 Å². The summed E-state index contributed by atoms with van der Waals surface area (Å²) in [6.07, 6.45) is 4.23. The Bertz CT molecular complexity index is 699. The van der Waals surface area contributed by atoms with Crippen LogP contribution in [0.25, 0.3) is 0 Å². The third kappa shape index (κ3) is 4.22. The Labute approximate surface area is 139 Å². The molecule has 2 heterocycles. The van der Waals surface area contributed by atoms with Gasteiger partial charge in [-0.3, -0.25) is 14.3 Å². The normalized spacial score (nSPS) is 17.7. The second kappa shape index (κ2) is 7.00. The summed E-state index contributed by atoms with van der Waals surface area (Å²) in [5.41, 5.74) is 2.21. The number of likely N-dealkylation sites (tertiary alicyclic amines) is 1. The maximum atomic E-state index is 12.0. The second-order valence-electron chi connectivity index (χ2n) is 5.74. The van der Waals surface area contributed by atoms with Gasteiger partial charge in [0.25, 0.3) is 0 Å². The monoisotopic (exact) mass is 329 g/mol. The minimum atomic E-state index is 0.0698. The standard InChI is InChI=1S/C17H19N3O2S/c1-13(21)23-16-7-17(22)19(12-16)9-15-8-18-20(11-15)10-14-5-3-2-4-6-14/h2-6,8,11,16H,7,9-10,12H2,1H3. The fourth-order valence-electron chi connectivity index (χ4n) is 2.77. The fourth-order valence-corrected chi connectivity index (χ4v) is 3.72. The van der Waals surface area contributed by atoms with Crippen LogP contribution in [0.4, 0.5) is 0 Å². The predicted octanol–water partition coefficient (Wildman–Crippen LogP) is 2.31. The zero-order valence-electron chi connectivity index (χ0n) is 13.0. The molecule has 1 amide bonds. The molecule has 0 spiro atoms. The Morgan fingerprint density at radius 3 is 2.78 bits per heavy atom. The number of carbonyl (C=O) groups excluding carboxylic acids is 2. The van der Waals surface area contributed by atoms with Gasteiger partial charge >= 0.3 is 0 Å². The third-order valence-electron chi connectivity index (χ3n) is 3.76. The van der Waals surface area contributed by atoms with E-state index in [9.17, 15) is 9.59 Å². The van der Waals surface area contributed by atoms with Crippen LogP contribution in [0.15, 0.2) is 42.7 Å². The van der Waals surface area contributed by atoms with Crippen molar-refractivity contribution in [3.8, 4) is 0 Å². The minimum Gasteiger partial charge on any atom is -0.337 e. The minimum absolute atomic E-state index is 0.0698. The highest BCUT2D eigenvalue weighted by atomic mass is 32.2. The highest BCUT2D eigenvalue weighted by Gasteiger charge is 2.30. The summed E-state index contributed by atoms with van der Waals surface area (Å²) >= 11 is 1.26. The fraction of sp³-hybridized carbons (Fsp3) is 0.353. The number of hydrogen-bond acceptors (Lipinski definition) is 4. The number of benzene rings is 1. The molecular weight excluding hydrogens is 310 g/mol. The lowest BCUT2D eigenvalue weighted by Crippen LogP contribution is -2.24. The number of aromatic nitrogens is 2. The molecule has 0 saturated carbocycles. The van der Waals surface area contributed by atoms with Gasteiger partial charge in [-0.15, -0.1) is 0 Å². The van der Waals surface area contributed by atoms with Crippen LogP contribution < -0.4 is 0 Å². The molecule has 1 aromatic heterocycles. The van der Waals surface area contributed by atoms with Crippen molar-refractivity contribution in [3.63, 3.8) is 0 Å². The summed E-state index contributed by atoms with van der Waals surface area (Å²) in [7, 11) is 0. The van der Waals surface area contributed by atoms with Crippen LogP contribution in [0.2, 0.25) is 0 Å². The van der Waals surface area contributed by atoms with Crippen molar-refractivity contribution in [2.24, 2.45) is 0 Å². The van der Waals surface area contributed by atoms with Crippen molar-refractivity contribution in [3.05, 3.63) is 53.9 Å². The molecule has 1 fully saturated rings. The van der Waals surface area contributed by atoms with Crippen LogP contribution in [0.3, 0.4) is 0 Å². The van der Waals surface area contributed by atoms with Crippen LogP contribution >= 0.6 is 11.8 Å². The summed E-state index contributed by atoms with van der Waals surface area (Å²) in [6.45, 7) is 3.46.